The van der Waals surface area contributed by atoms with E-state index in [1.807, 2.05) is 58.2 Å². The number of carbonyl (C=O) groups excluding carboxylic acids is 3. The molecular weight excluding hydrogens is 901 g/mol. The Bertz CT molecular complexity index is 2610. The maximum absolute atomic E-state index is 13.8. The van der Waals surface area contributed by atoms with Crippen molar-refractivity contribution in [3.63, 3.8) is 0 Å². The summed E-state index contributed by atoms with van der Waals surface area (Å²) in [5.74, 6) is 0.891. The van der Waals surface area contributed by atoms with Gasteiger partial charge in [0, 0.05) is 107 Å². The second-order valence-electron chi connectivity index (χ2n) is 20.6. The molecule has 6 rings (SSSR count). The van der Waals surface area contributed by atoms with Crippen LogP contribution in [0.1, 0.15) is 137 Å². The van der Waals surface area contributed by atoms with Crippen LogP contribution in [0.4, 0.5) is 11.4 Å². The van der Waals surface area contributed by atoms with E-state index in [2.05, 4.69) is 146 Å². The number of piperazine rings is 1. The Labute approximate surface area is 441 Å². The fraction of sp³-hybridized carbons (Fsp3) is 0.438. The molecule has 2 unspecified atom stereocenters. The average Bonchev–Trinajstić information content (AvgIpc) is 3.67. The number of aliphatic imine (C=N–C) groups is 1. The molecule has 2 fully saturated rings. The number of nitrogens with zero attached hydrogens (tertiary/aromatic N) is 4. The van der Waals surface area contributed by atoms with Crippen LogP contribution in [-0.4, -0.2) is 72.3 Å². The second kappa shape index (κ2) is 28.0. The molecule has 3 atom stereocenters. The number of ketones is 2. The molecule has 392 valence electrons. The molecule has 2 heterocycles. The van der Waals surface area contributed by atoms with Crippen molar-refractivity contribution in [2.24, 2.45) is 22.2 Å². The third kappa shape index (κ3) is 16.4. The Kier molecular flexibility index (Phi) is 22.6. The van der Waals surface area contributed by atoms with E-state index < -0.39 is 0 Å². The zero-order chi connectivity index (χ0) is 54.0. The molecule has 2 aliphatic heterocycles. The lowest BCUT2D eigenvalue weighted by Gasteiger charge is -2.43. The van der Waals surface area contributed by atoms with Gasteiger partial charge < -0.3 is 25.3 Å². The molecule has 2 N–H and O–H groups in total. The molecule has 2 aliphatic carbocycles. The Morgan fingerprint density at radius 2 is 1.62 bits per heavy atom. The van der Waals surface area contributed by atoms with Crippen LogP contribution in [0.3, 0.4) is 0 Å². The minimum absolute atomic E-state index is 0. The number of rotatable bonds is 14. The highest BCUT2D eigenvalue weighted by atomic mass is 16.1. The van der Waals surface area contributed by atoms with Crippen LogP contribution >= 0.6 is 0 Å². The first-order chi connectivity index (χ1) is 34.8. The number of hydrogen-bond acceptors (Lipinski definition) is 8. The first-order valence-electron chi connectivity index (χ1n) is 26.4. The first-order valence-corrected chi connectivity index (χ1v) is 26.4. The van der Waals surface area contributed by atoms with Crippen molar-refractivity contribution < 1.29 is 15.8 Å². The van der Waals surface area contributed by atoms with Gasteiger partial charge in [-0.25, -0.2) is 4.99 Å². The van der Waals surface area contributed by atoms with Crippen LogP contribution in [0.2, 0.25) is 0 Å². The number of benzene rings is 2. The van der Waals surface area contributed by atoms with Gasteiger partial charge in [-0.2, -0.15) is 0 Å². The minimum atomic E-state index is -0.127. The van der Waals surface area contributed by atoms with Crippen molar-refractivity contribution in [3.8, 4) is 0 Å². The highest BCUT2D eigenvalue weighted by Gasteiger charge is 2.36. The number of nitrogens with one attached hydrogen (secondary N) is 2. The lowest BCUT2D eigenvalue weighted by Crippen LogP contribution is -2.51. The van der Waals surface area contributed by atoms with E-state index in [1.165, 1.54) is 18.1 Å². The Morgan fingerprint density at radius 3 is 2.21 bits per heavy atom. The van der Waals surface area contributed by atoms with Gasteiger partial charge in [0.05, 0.1) is 5.70 Å². The maximum atomic E-state index is 13.8. The zero-order valence-electron chi connectivity index (χ0n) is 46.2. The third-order valence-electron chi connectivity index (χ3n) is 14.4. The van der Waals surface area contributed by atoms with Crippen molar-refractivity contribution in [2.45, 2.75) is 133 Å². The molecule has 73 heavy (non-hydrogen) atoms. The second-order valence-corrected chi connectivity index (χ2v) is 20.6. The fourth-order valence-corrected chi connectivity index (χ4v) is 10.1. The van der Waals surface area contributed by atoms with Gasteiger partial charge in [0.25, 0.3) is 0 Å². The van der Waals surface area contributed by atoms with Gasteiger partial charge >= 0.3 is 0 Å². The predicted molar refractivity (Wildman–Crippen MR) is 311 cm³/mol. The van der Waals surface area contributed by atoms with Gasteiger partial charge in [0.2, 0.25) is 5.91 Å². The smallest absolute Gasteiger partial charge is 0.221 e. The molecule has 2 aromatic carbocycles. The topological polar surface area (TPSA) is 97.3 Å². The summed E-state index contributed by atoms with van der Waals surface area (Å²) in [7, 11) is 0. The van der Waals surface area contributed by atoms with E-state index in [1.54, 1.807) is 6.08 Å². The van der Waals surface area contributed by atoms with Crippen molar-refractivity contribution in [3.05, 3.63) is 179 Å². The quantitative estimate of drug-likeness (QED) is 0.0486. The number of fused-ring (bicyclic) bond motifs is 1. The molecule has 0 radical (unpaired) electrons. The fourth-order valence-electron chi connectivity index (χ4n) is 10.1. The summed E-state index contributed by atoms with van der Waals surface area (Å²) in [6, 6.07) is 14.7. The van der Waals surface area contributed by atoms with Gasteiger partial charge in [-0.15, -0.1) is 18.0 Å². The number of anilines is 2. The average molecular weight is 989 g/mol. The van der Waals surface area contributed by atoms with Crippen LogP contribution in [-0.2, 0) is 22.4 Å². The Hall–Kier alpha value is -6.66. The summed E-state index contributed by atoms with van der Waals surface area (Å²) >= 11 is 0. The van der Waals surface area contributed by atoms with E-state index in [0.717, 1.165) is 133 Å². The highest BCUT2D eigenvalue weighted by molar-refractivity contribution is 6.00. The van der Waals surface area contributed by atoms with Crippen LogP contribution < -0.4 is 15.5 Å². The minimum Gasteiger partial charge on any atom is -0.367 e. The lowest BCUT2D eigenvalue weighted by atomic mass is 9.80. The van der Waals surface area contributed by atoms with Gasteiger partial charge in [-0.1, -0.05) is 104 Å². The summed E-state index contributed by atoms with van der Waals surface area (Å²) in [5.41, 5.74) is 19.9. The van der Waals surface area contributed by atoms with E-state index in [9.17, 15) is 14.4 Å². The highest BCUT2D eigenvalue weighted by Crippen LogP contribution is 2.39. The lowest BCUT2D eigenvalue weighted by molar-refractivity contribution is -0.124. The molecule has 2 aromatic rings. The number of amides is 1. The monoisotopic (exact) mass is 989 g/mol. The Balaban J connectivity index is 0.00000149. The summed E-state index contributed by atoms with van der Waals surface area (Å²) in [5, 5.41) is 6.32. The SMILES string of the molecule is C=C=C1CCC(=O)C(C2CCc3c(cccc3N3CCN(C(=C=C)Cc4ccc(NC(=C)/N=C\C5=C(C)CN(/C(C=C)=C(C)/C(NC(C)=O)=C(\C)C=C)CC5)cc4)[C@H](C)C3)C(=O)C2)CC1.C=CC(C)(C)C.CC.[HH]. The zero-order valence-corrected chi connectivity index (χ0v) is 46.2. The largest absolute Gasteiger partial charge is 0.367 e. The van der Waals surface area contributed by atoms with Crippen LogP contribution in [0.15, 0.2) is 167 Å². The van der Waals surface area contributed by atoms with Crippen molar-refractivity contribution in [1.82, 2.24) is 15.1 Å². The molecular formula is C64H88N6O3. The molecule has 0 bridgehead atoms. The van der Waals surface area contributed by atoms with Crippen molar-refractivity contribution >= 4 is 35.1 Å². The van der Waals surface area contributed by atoms with Gasteiger partial charge in [-0.3, -0.25) is 14.4 Å². The van der Waals surface area contributed by atoms with Crippen molar-refractivity contribution in [1.29, 1.82) is 0 Å². The molecule has 9 nitrogen and oxygen atoms in total. The molecule has 9 heteroatoms. The van der Waals surface area contributed by atoms with E-state index in [-0.39, 0.29) is 31.0 Å². The van der Waals surface area contributed by atoms with E-state index in [0.29, 0.717) is 36.3 Å². The number of carbonyl (C=O) groups is 3. The summed E-state index contributed by atoms with van der Waals surface area (Å²) in [6.07, 6.45) is 14.0. The van der Waals surface area contributed by atoms with Gasteiger partial charge in [-0.05, 0) is 141 Å². The first kappa shape index (κ1) is 58.9. The van der Waals surface area contributed by atoms with Crippen LogP contribution in [0, 0.1) is 17.3 Å². The number of allylic oxidation sites excluding steroid dienone is 7. The molecule has 4 aliphatic rings. The molecule has 0 spiro atoms. The van der Waals surface area contributed by atoms with Crippen molar-refractivity contribution in [2.75, 3.05) is 42.9 Å². The maximum Gasteiger partial charge on any atom is 0.221 e. The molecule has 1 saturated heterocycles. The molecule has 1 amide bonds. The van der Waals surface area contributed by atoms with Crippen LogP contribution in [0.5, 0.6) is 0 Å². The summed E-state index contributed by atoms with van der Waals surface area (Å²) in [6.45, 7) is 47.9. The van der Waals surface area contributed by atoms with Gasteiger partial charge in [0.1, 0.15) is 11.6 Å². The van der Waals surface area contributed by atoms with Crippen LogP contribution in [0.25, 0.3) is 0 Å². The number of Topliss-reactive ketones (excluding diaryl/α,β-unsaturated/α-hetero) is 2. The Morgan fingerprint density at radius 1 is 0.918 bits per heavy atom. The van der Waals surface area contributed by atoms with E-state index >= 15 is 0 Å². The summed E-state index contributed by atoms with van der Waals surface area (Å²) in [4.78, 5) is 50.8. The number of hydrogen-bond donors (Lipinski definition) is 2. The van der Waals surface area contributed by atoms with E-state index in [4.69, 9.17) is 0 Å². The normalized spacial score (nSPS) is 19.9. The van der Waals surface area contributed by atoms with Gasteiger partial charge in [0.15, 0.2) is 5.78 Å². The third-order valence-corrected chi connectivity index (χ3v) is 14.4. The predicted octanol–water partition coefficient (Wildman–Crippen LogP) is 14.2. The molecule has 0 aromatic heterocycles. The summed E-state index contributed by atoms with van der Waals surface area (Å²) < 4.78 is 0. The molecule has 1 saturated carbocycles. The standard InChI is InChI=1S/C56H68N6O3.C6H12.C2H6.H2/c1-11-37(5)56(59-42(10)63)40(8)52(14-4)60-29-28-46(38(6)35-60)34-57-41(9)58-47-23-18-44(19-24-47)32-48(13-3)62-31-30-61(36-39(62)7)53-17-15-16-51-50(53)26-22-45(33-55(51)65)49-25-20-43(12-2)21-27-54(49)64;1-5-6(2,3)4;1-2;/h11,14-19,23-24,34,39,45,49,58H,1-4,9,20-22,25-33,35-36H2,5-8,10H3,(H,59,63);5H,1H2,2-4H3;1-2H3;1H/b52-40+,56-37-,57-34-;;;/t39-,45?,49?;;;/m1.../s1.